The average Bonchev–Trinajstić information content (AvgIpc) is 2.37. The van der Waals surface area contributed by atoms with Crippen LogP contribution in [0.1, 0.15) is 25.5 Å². The lowest BCUT2D eigenvalue weighted by atomic mass is 10.1. The zero-order chi connectivity index (χ0) is 15.2. The van der Waals surface area contributed by atoms with E-state index in [1.807, 2.05) is 0 Å². The minimum absolute atomic E-state index is 0.0353. The predicted molar refractivity (Wildman–Crippen MR) is 74.8 cm³/mol. The number of halogens is 3. The maximum atomic E-state index is 13.1. The molecule has 0 heterocycles. The largest absolute Gasteiger partial charge is 0.475 e. The first-order valence-corrected chi connectivity index (χ1v) is 8.28. The molecule has 1 atom stereocenters. The summed E-state index contributed by atoms with van der Waals surface area (Å²) in [5.74, 6) is 0. The number of phosphoric ester groups is 1. The van der Waals surface area contributed by atoms with Crippen molar-refractivity contribution in [3.63, 3.8) is 0 Å². The van der Waals surface area contributed by atoms with E-state index >= 15 is 0 Å². The van der Waals surface area contributed by atoms with Gasteiger partial charge in [0.25, 0.3) is 6.43 Å². The van der Waals surface area contributed by atoms with E-state index in [4.69, 9.17) is 13.6 Å². The van der Waals surface area contributed by atoms with E-state index in [0.717, 1.165) is 4.47 Å². The fraction of sp³-hybridized carbons (Fsp3) is 0.500. The lowest BCUT2D eigenvalue weighted by molar-refractivity contribution is -0.0173. The molecule has 0 spiro atoms. The van der Waals surface area contributed by atoms with Crippen molar-refractivity contribution in [1.82, 2.24) is 0 Å². The van der Waals surface area contributed by atoms with Crippen LogP contribution < -0.4 is 0 Å². The third kappa shape index (κ3) is 5.22. The number of phosphoric acid groups is 1. The second kappa shape index (κ2) is 8.20. The van der Waals surface area contributed by atoms with Crippen LogP contribution in [0.5, 0.6) is 0 Å². The van der Waals surface area contributed by atoms with Crippen LogP contribution in [0, 0.1) is 0 Å². The second-order valence-electron chi connectivity index (χ2n) is 3.69. The van der Waals surface area contributed by atoms with Crippen molar-refractivity contribution >= 4 is 23.8 Å². The molecular weight excluding hydrogens is 357 g/mol. The summed E-state index contributed by atoms with van der Waals surface area (Å²) < 4.78 is 53.8. The lowest BCUT2D eigenvalue weighted by Crippen LogP contribution is -2.14. The molecule has 0 aliphatic carbocycles. The van der Waals surface area contributed by atoms with Gasteiger partial charge in [0, 0.05) is 4.47 Å². The predicted octanol–water partition coefficient (Wildman–Crippen LogP) is 4.95. The summed E-state index contributed by atoms with van der Waals surface area (Å²) in [7, 11) is -4.00. The Morgan fingerprint density at radius 1 is 1.15 bits per heavy atom. The first-order chi connectivity index (χ1) is 9.41. The first kappa shape index (κ1) is 17.7. The summed E-state index contributed by atoms with van der Waals surface area (Å²) in [6.07, 6.45) is -4.53. The first-order valence-electron chi connectivity index (χ1n) is 6.03. The molecule has 1 rings (SSSR count). The number of hydrogen-bond acceptors (Lipinski definition) is 4. The van der Waals surface area contributed by atoms with Crippen LogP contribution in [0.25, 0.3) is 0 Å². The van der Waals surface area contributed by atoms with Crippen LogP contribution in [0.15, 0.2) is 28.7 Å². The fourth-order valence-corrected chi connectivity index (χ4v) is 3.04. The van der Waals surface area contributed by atoms with Gasteiger partial charge in [0.05, 0.1) is 13.2 Å². The molecule has 0 saturated heterocycles. The van der Waals surface area contributed by atoms with Crippen molar-refractivity contribution in [2.75, 3.05) is 13.2 Å². The van der Waals surface area contributed by atoms with Crippen LogP contribution in [-0.4, -0.2) is 19.6 Å². The van der Waals surface area contributed by atoms with Crippen molar-refractivity contribution in [2.45, 2.75) is 26.4 Å². The second-order valence-corrected chi connectivity index (χ2v) is 6.23. The Bertz CT molecular complexity index is 445. The van der Waals surface area contributed by atoms with E-state index < -0.39 is 20.4 Å². The number of hydrogen-bond donors (Lipinski definition) is 0. The summed E-state index contributed by atoms with van der Waals surface area (Å²) >= 11 is 3.21. The standard InChI is InChI=1S/C12H16BrF2O4P/c1-3-17-20(16,18-4-2)19-11(12(14)15)9-5-7-10(13)8-6-9/h5-8,11-12H,3-4H2,1-2H3. The zero-order valence-corrected chi connectivity index (χ0v) is 13.6. The van der Waals surface area contributed by atoms with Crippen LogP contribution in [-0.2, 0) is 18.1 Å². The molecule has 0 aromatic heterocycles. The third-order valence-electron chi connectivity index (χ3n) is 2.24. The summed E-state index contributed by atoms with van der Waals surface area (Å²) in [6, 6.07) is 6.12. The molecule has 8 heteroatoms. The summed E-state index contributed by atoms with van der Waals surface area (Å²) in [5.41, 5.74) is 0.197. The van der Waals surface area contributed by atoms with Gasteiger partial charge in [-0.05, 0) is 31.5 Å². The van der Waals surface area contributed by atoms with Crippen LogP contribution in [0.2, 0.25) is 0 Å². The van der Waals surface area contributed by atoms with Crippen molar-refractivity contribution in [1.29, 1.82) is 0 Å². The molecule has 114 valence electrons. The molecule has 20 heavy (non-hydrogen) atoms. The van der Waals surface area contributed by atoms with Crippen molar-refractivity contribution in [3.8, 4) is 0 Å². The van der Waals surface area contributed by atoms with Gasteiger partial charge >= 0.3 is 7.82 Å². The highest BCUT2D eigenvalue weighted by atomic mass is 79.9. The fourth-order valence-electron chi connectivity index (χ4n) is 1.46. The number of alkyl halides is 2. The minimum Gasteiger partial charge on any atom is -0.287 e. The molecule has 0 N–H and O–H groups in total. The van der Waals surface area contributed by atoms with E-state index in [1.54, 1.807) is 26.0 Å². The normalized spacial score (nSPS) is 13.7. The molecule has 1 unspecified atom stereocenters. The van der Waals surface area contributed by atoms with Gasteiger partial charge in [-0.1, -0.05) is 28.1 Å². The van der Waals surface area contributed by atoms with E-state index in [1.165, 1.54) is 12.1 Å². The van der Waals surface area contributed by atoms with E-state index in [0.29, 0.717) is 0 Å². The maximum absolute atomic E-state index is 13.1. The van der Waals surface area contributed by atoms with Gasteiger partial charge in [0.2, 0.25) is 0 Å². The molecule has 0 amide bonds. The van der Waals surface area contributed by atoms with Crippen LogP contribution >= 0.6 is 23.8 Å². The van der Waals surface area contributed by atoms with Gasteiger partial charge in [0.15, 0.2) is 6.10 Å². The lowest BCUT2D eigenvalue weighted by Gasteiger charge is -2.23. The Balaban J connectivity index is 2.96. The minimum atomic E-state index is -4.00. The van der Waals surface area contributed by atoms with E-state index in [9.17, 15) is 13.3 Å². The van der Waals surface area contributed by atoms with Gasteiger partial charge in [-0.3, -0.25) is 13.6 Å². The Labute approximate surface area is 125 Å². The summed E-state index contributed by atoms with van der Waals surface area (Å²) in [5, 5.41) is 0. The Hall–Kier alpha value is -0.330. The monoisotopic (exact) mass is 372 g/mol. The Morgan fingerprint density at radius 2 is 1.65 bits per heavy atom. The van der Waals surface area contributed by atoms with Gasteiger partial charge < -0.3 is 0 Å². The van der Waals surface area contributed by atoms with Gasteiger partial charge in [-0.2, -0.15) is 0 Å². The molecule has 0 aliphatic heterocycles. The van der Waals surface area contributed by atoms with Crippen LogP contribution in [0.3, 0.4) is 0 Å². The Morgan fingerprint density at radius 3 is 2.05 bits per heavy atom. The molecule has 0 radical (unpaired) electrons. The quantitative estimate of drug-likeness (QED) is 0.605. The molecule has 0 bridgehead atoms. The SMILES string of the molecule is CCOP(=O)(OCC)OC(c1ccc(Br)cc1)C(F)F. The molecular formula is C12H16BrF2O4P. The van der Waals surface area contributed by atoms with E-state index in [2.05, 4.69) is 15.9 Å². The van der Waals surface area contributed by atoms with Gasteiger partial charge in [-0.25, -0.2) is 13.3 Å². The molecule has 0 saturated carbocycles. The maximum Gasteiger partial charge on any atom is 0.475 e. The topological polar surface area (TPSA) is 44.8 Å². The number of benzene rings is 1. The Kier molecular flexibility index (Phi) is 7.26. The molecule has 0 aliphatic rings. The highest BCUT2D eigenvalue weighted by molar-refractivity contribution is 9.10. The van der Waals surface area contributed by atoms with Crippen molar-refractivity contribution < 1.29 is 26.9 Å². The highest BCUT2D eigenvalue weighted by Gasteiger charge is 2.35. The third-order valence-corrected chi connectivity index (χ3v) is 4.41. The molecule has 4 nitrogen and oxygen atoms in total. The zero-order valence-electron chi connectivity index (χ0n) is 11.1. The van der Waals surface area contributed by atoms with Gasteiger partial charge in [-0.15, -0.1) is 0 Å². The summed E-state index contributed by atoms with van der Waals surface area (Å²) in [4.78, 5) is 0. The number of rotatable bonds is 8. The van der Waals surface area contributed by atoms with Crippen molar-refractivity contribution in [3.05, 3.63) is 34.3 Å². The molecule has 0 fully saturated rings. The summed E-state index contributed by atoms with van der Waals surface area (Å²) in [6.45, 7) is 3.22. The van der Waals surface area contributed by atoms with Crippen LogP contribution in [0.4, 0.5) is 8.78 Å². The van der Waals surface area contributed by atoms with E-state index in [-0.39, 0.29) is 18.8 Å². The highest BCUT2D eigenvalue weighted by Crippen LogP contribution is 2.54. The van der Waals surface area contributed by atoms with Crippen molar-refractivity contribution in [2.24, 2.45) is 0 Å². The average molecular weight is 373 g/mol. The van der Waals surface area contributed by atoms with Gasteiger partial charge in [0.1, 0.15) is 0 Å². The molecule has 1 aromatic rings. The molecule has 1 aromatic carbocycles. The smallest absolute Gasteiger partial charge is 0.287 e.